The van der Waals surface area contributed by atoms with Gasteiger partial charge in [-0.25, -0.2) is 0 Å². The minimum absolute atomic E-state index is 0.754. The average Bonchev–Trinajstić information content (AvgIpc) is 2.48. The summed E-state index contributed by atoms with van der Waals surface area (Å²) in [5.41, 5.74) is 2.06. The first-order chi connectivity index (χ1) is 9.79. The van der Waals surface area contributed by atoms with Gasteiger partial charge in [-0.05, 0) is 51.5 Å². The SMILES string of the molecule is CCNCc1nc(C)ccc1OCCN1CCCCC1. The number of ether oxygens (including phenoxy) is 1. The van der Waals surface area contributed by atoms with Gasteiger partial charge in [0.05, 0.1) is 5.69 Å². The summed E-state index contributed by atoms with van der Waals surface area (Å²) in [6.07, 6.45) is 4.04. The number of piperidine rings is 1. The van der Waals surface area contributed by atoms with Crippen LogP contribution in [0, 0.1) is 6.92 Å². The van der Waals surface area contributed by atoms with Crippen molar-refractivity contribution in [2.75, 3.05) is 32.8 Å². The zero-order chi connectivity index (χ0) is 14.2. The fourth-order valence-corrected chi connectivity index (χ4v) is 2.57. The van der Waals surface area contributed by atoms with Crippen LogP contribution in [0.25, 0.3) is 0 Å². The molecule has 0 unspecified atom stereocenters. The Kier molecular flexibility index (Phi) is 6.27. The number of likely N-dealkylation sites (tertiary alicyclic amines) is 1. The predicted octanol–water partition coefficient (Wildman–Crippen LogP) is 2.36. The van der Waals surface area contributed by atoms with Crippen molar-refractivity contribution in [2.24, 2.45) is 0 Å². The Morgan fingerprint density at radius 1 is 1.25 bits per heavy atom. The Bertz CT molecular complexity index is 403. The molecule has 0 bridgehead atoms. The van der Waals surface area contributed by atoms with E-state index >= 15 is 0 Å². The number of pyridine rings is 1. The maximum atomic E-state index is 5.95. The Morgan fingerprint density at radius 3 is 2.80 bits per heavy atom. The molecular weight excluding hydrogens is 250 g/mol. The van der Waals surface area contributed by atoms with Gasteiger partial charge in [0.2, 0.25) is 0 Å². The quantitative estimate of drug-likeness (QED) is 0.830. The van der Waals surface area contributed by atoms with Crippen molar-refractivity contribution in [3.63, 3.8) is 0 Å². The fourth-order valence-electron chi connectivity index (χ4n) is 2.57. The third kappa shape index (κ3) is 4.76. The van der Waals surface area contributed by atoms with Gasteiger partial charge < -0.3 is 10.1 Å². The topological polar surface area (TPSA) is 37.4 Å². The van der Waals surface area contributed by atoms with Gasteiger partial charge in [0, 0.05) is 18.8 Å². The largest absolute Gasteiger partial charge is 0.490 e. The van der Waals surface area contributed by atoms with E-state index in [1.165, 1.54) is 32.4 Å². The summed E-state index contributed by atoms with van der Waals surface area (Å²) in [6.45, 7) is 10.1. The van der Waals surface area contributed by atoms with E-state index in [-0.39, 0.29) is 0 Å². The highest BCUT2D eigenvalue weighted by molar-refractivity contribution is 5.29. The van der Waals surface area contributed by atoms with E-state index in [1.807, 2.05) is 19.1 Å². The van der Waals surface area contributed by atoms with Gasteiger partial charge in [0.25, 0.3) is 0 Å². The Labute approximate surface area is 122 Å². The number of nitrogens with zero attached hydrogens (tertiary/aromatic N) is 2. The van der Waals surface area contributed by atoms with Crippen LogP contribution >= 0.6 is 0 Å². The van der Waals surface area contributed by atoms with Crippen LogP contribution in [0.3, 0.4) is 0 Å². The van der Waals surface area contributed by atoms with Gasteiger partial charge >= 0.3 is 0 Å². The molecule has 1 aromatic rings. The second-order valence-corrected chi connectivity index (χ2v) is 5.43. The number of hydrogen-bond donors (Lipinski definition) is 1. The van der Waals surface area contributed by atoms with E-state index in [1.54, 1.807) is 0 Å². The number of rotatable bonds is 7. The molecule has 0 aromatic carbocycles. The molecule has 1 fully saturated rings. The highest BCUT2D eigenvalue weighted by Crippen LogP contribution is 2.17. The third-order valence-electron chi connectivity index (χ3n) is 3.73. The number of hydrogen-bond acceptors (Lipinski definition) is 4. The van der Waals surface area contributed by atoms with E-state index in [0.717, 1.165) is 43.4 Å². The Hall–Kier alpha value is -1.13. The second-order valence-electron chi connectivity index (χ2n) is 5.43. The first-order valence-corrected chi connectivity index (χ1v) is 7.82. The summed E-state index contributed by atoms with van der Waals surface area (Å²) in [5.74, 6) is 0.925. The van der Waals surface area contributed by atoms with E-state index in [2.05, 4.69) is 22.1 Å². The first-order valence-electron chi connectivity index (χ1n) is 7.82. The molecule has 1 N–H and O–H groups in total. The fraction of sp³-hybridized carbons (Fsp3) is 0.688. The molecule has 0 saturated carbocycles. The number of aromatic nitrogens is 1. The van der Waals surface area contributed by atoms with Gasteiger partial charge in [-0.2, -0.15) is 0 Å². The summed E-state index contributed by atoms with van der Waals surface area (Å²) >= 11 is 0. The van der Waals surface area contributed by atoms with Crippen molar-refractivity contribution in [3.05, 3.63) is 23.5 Å². The van der Waals surface area contributed by atoms with Crippen molar-refractivity contribution in [1.29, 1.82) is 0 Å². The van der Waals surface area contributed by atoms with Crippen LogP contribution in [0.4, 0.5) is 0 Å². The Morgan fingerprint density at radius 2 is 2.05 bits per heavy atom. The van der Waals surface area contributed by atoms with Gasteiger partial charge in [-0.3, -0.25) is 9.88 Å². The summed E-state index contributed by atoms with van der Waals surface area (Å²) in [4.78, 5) is 7.07. The van der Waals surface area contributed by atoms with E-state index < -0.39 is 0 Å². The van der Waals surface area contributed by atoms with Crippen molar-refractivity contribution >= 4 is 0 Å². The molecule has 2 rings (SSSR count). The molecule has 0 atom stereocenters. The maximum Gasteiger partial charge on any atom is 0.142 e. The van der Waals surface area contributed by atoms with Crippen LogP contribution in [0.2, 0.25) is 0 Å². The minimum Gasteiger partial charge on any atom is -0.490 e. The van der Waals surface area contributed by atoms with Gasteiger partial charge in [0.1, 0.15) is 12.4 Å². The summed E-state index contributed by atoms with van der Waals surface area (Å²) in [6, 6.07) is 4.07. The molecule has 1 saturated heterocycles. The van der Waals surface area contributed by atoms with E-state index in [9.17, 15) is 0 Å². The minimum atomic E-state index is 0.754. The molecule has 0 radical (unpaired) electrons. The van der Waals surface area contributed by atoms with Crippen molar-refractivity contribution in [2.45, 2.75) is 39.7 Å². The molecule has 4 heteroatoms. The predicted molar refractivity (Wildman–Crippen MR) is 82.1 cm³/mol. The summed E-state index contributed by atoms with van der Waals surface area (Å²) < 4.78 is 5.95. The normalized spacial score (nSPS) is 16.3. The molecule has 112 valence electrons. The smallest absolute Gasteiger partial charge is 0.142 e. The standard InChI is InChI=1S/C16H27N3O/c1-3-17-13-15-16(8-7-14(2)18-15)20-12-11-19-9-5-4-6-10-19/h7-8,17H,3-6,9-13H2,1-2H3. The zero-order valence-electron chi connectivity index (χ0n) is 12.8. The number of nitrogens with one attached hydrogen (secondary N) is 1. The molecule has 1 aromatic heterocycles. The molecule has 4 nitrogen and oxygen atoms in total. The van der Waals surface area contributed by atoms with Crippen LogP contribution in [0.15, 0.2) is 12.1 Å². The van der Waals surface area contributed by atoms with Crippen molar-refractivity contribution in [1.82, 2.24) is 15.2 Å². The zero-order valence-corrected chi connectivity index (χ0v) is 12.8. The maximum absolute atomic E-state index is 5.95. The highest BCUT2D eigenvalue weighted by Gasteiger charge is 2.10. The van der Waals surface area contributed by atoms with Crippen LogP contribution in [-0.2, 0) is 6.54 Å². The summed E-state index contributed by atoms with van der Waals surface area (Å²) in [7, 11) is 0. The lowest BCUT2D eigenvalue weighted by Gasteiger charge is -2.26. The third-order valence-corrected chi connectivity index (χ3v) is 3.73. The summed E-state index contributed by atoms with van der Waals surface area (Å²) in [5, 5.41) is 3.32. The number of aryl methyl sites for hydroxylation is 1. The molecule has 20 heavy (non-hydrogen) atoms. The molecule has 2 heterocycles. The van der Waals surface area contributed by atoms with Crippen LogP contribution in [-0.4, -0.2) is 42.7 Å². The lowest BCUT2D eigenvalue weighted by Crippen LogP contribution is -2.33. The van der Waals surface area contributed by atoms with Gasteiger partial charge in [-0.15, -0.1) is 0 Å². The molecular formula is C16H27N3O. The van der Waals surface area contributed by atoms with Crippen molar-refractivity contribution in [3.8, 4) is 5.75 Å². The Balaban J connectivity index is 1.84. The van der Waals surface area contributed by atoms with E-state index in [4.69, 9.17) is 4.74 Å². The lowest BCUT2D eigenvalue weighted by molar-refractivity contribution is 0.182. The van der Waals surface area contributed by atoms with Crippen LogP contribution in [0.5, 0.6) is 5.75 Å². The highest BCUT2D eigenvalue weighted by atomic mass is 16.5. The van der Waals surface area contributed by atoms with Crippen LogP contribution in [0.1, 0.15) is 37.6 Å². The van der Waals surface area contributed by atoms with Crippen LogP contribution < -0.4 is 10.1 Å². The van der Waals surface area contributed by atoms with Crippen molar-refractivity contribution < 1.29 is 4.74 Å². The van der Waals surface area contributed by atoms with Gasteiger partial charge in [-0.1, -0.05) is 13.3 Å². The first kappa shape index (κ1) is 15.3. The average molecular weight is 277 g/mol. The monoisotopic (exact) mass is 277 g/mol. The molecule has 1 aliphatic heterocycles. The molecule has 1 aliphatic rings. The molecule has 0 spiro atoms. The van der Waals surface area contributed by atoms with Gasteiger partial charge in [0.15, 0.2) is 0 Å². The lowest BCUT2D eigenvalue weighted by atomic mass is 10.1. The van der Waals surface area contributed by atoms with E-state index in [0.29, 0.717) is 0 Å². The second kappa shape index (κ2) is 8.22. The molecule has 0 aliphatic carbocycles. The molecule has 0 amide bonds.